The van der Waals surface area contributed by atoms with E-state index in [1.165, 1.54) is 18.2 Å². The Morgan fingerprint density at radius 3 is 2.21 bits per heavy atom. The monoisotopic (exact) mass is 278 g/mol. The Morgan fingerprint density at radius 2 is 1.79 bits per heavy atom. The topological polar surface area (TPSA) is 29.3 Å². The van der Waals surface area contributed by atoms with E-state index in [4.69, 9.17) is 5.73 Å². The van der Waals surface area contributed by atoms with E-state index in [2.05, 4.69) is 0 Å². The molecule has 0 saturated carbocycles. The maximum absolute atomic E-state index is 13.8. The highest BCUT2D eigenvalue weighted by atomic mass is 19.4. The molecule has 6 heteroatoms. The van der Waals surface area contributed by atoms with Crippen LogP contribution in [0.1, 0.15) is 32.4 Å². The molecule has 0 radical (unpaired) electrons. The van der Waals surface area contributed by atoms with Gasteiger partial charge in [-0.25, -0.2) is 4.39 Å². The lowest BCUT2D eigenvalue weighted by Crippen LogP contribution is -2.40. The normalized spacial score (nSPS) is 13.7. The first-order valence-corrected chi connectivity index (χ1v) is 6.01. The Hall–Kier alpha value is -1.30. The molecule has 0 fully saturated rings. The van der Waals surface area contributed by atoms with Crippen LogP contribution in [0.3, 0.4) is 0 Å². The first-order valence-electron chi connectivity index (χ1n) is 6.01. The summed E-state index contributed by atoms with van der Waals surface area (Å²) in [5.74, 6) is -0.583. The molecule has 0 heterocycles. The van der Waals surface area contributed by atoms with E-state index in [1.807, 2.05) is 0 Å². The second kappa shape index (κ2) is 5.77. The van der Waals surface area contributed by atoms with Crippen molar-refractivity contribution in [2.45, 2.75) is 39.0 Å². The zero-order valence-corrected chi connectivity index (χ0v) is 11.1. The number of hydrogen-bond acceptors (Lipinski definition) is 2. The second-order valence-electron chi connectivity index (χ2n) is 4.80. The molecule has 1 unspecified atom stereocenters. The van der Waals surface area contributed by atoms with E-state index >= 15 is 0 Å². The average Bonchev–Trinajstić information content (AvgIpc) is 2.23. The summed E-state index contributed by atoms with van der Waals surface area (Å²) in [7, 11) is 0. The van der Waals surface area contributed by atoms with Crippen LogP contribution in [-0.4, -0.2) is 18.8 Å². The molecule has 1 rings (SSSR count). The molecule has 19 heavy (non-hydrogen) atoms. The van der Waals surface area contributed by atoms with Gasteiger partial charge in [-0.1, -0.05) is 6.07 Å². The van der Waals surface area contributed by atoms with E-state index in [9.17, 15) is 17.6 Å². The number of benzene rings is 1. The number of nitrogens with two attached hydrogens (primary N) is 1. The highest BCUT2D eigenvalue weighted by molar-refractivity contribution is 5.56. The Morgan fingerprint density at radius 1 is 1.21 bits per heavy atom. The lowest BCUT2D eigenvalue weighted by atomic mass is 10.0. The van der Waals surface area contributed by atoms with Gasteiger partial charge in [0.2, 0.25) is 0 Å². The Bertz CT molecular complexity index is 427. The van der Waals surface area contributed by atoms with Gasteiger partial charge in [0.15, 0.2) is 0 Å². The summed E-state index contributed by atoms with van der Waals surface area (Å²) in [5, 5.41) is 0. The molecule has 0 spiro atoms. The van der Waals surface area contributed by atoms with E-state index in [0.717, 1.165) is 4.90 Å². The van der Waals surface area contributed by atoms with Gasteiger partial charge in [0.25, 0.3) is 0 Å². The van der Waals surface area contributed by atoms with Gasteiger partial charge in [0, 0.05) is 23.3 Å². The standard InChI is InChI=1S/C13H18F4N2/c1-8(2)19(7-13(15,16)17)11-6-4-5-10(14)12(11)9(3)18/h4-6,8-9H,7,18H2,1-3H3. The SMILES string of the molecule is CC(N)c1c(F)cccc1N(CC(F)(F)F)C(C)C. The predicted molar refractivity (Wildman–Crippen MR) is 67.5 cm³/mol. The van der Waals surface area contributed by atoms with Gasteiger partial charge < -0.3 is 10.6 Å². The second-order valence-corrected chi connectivity index (χ2v) is 4.80. The zero-order chi connectivity index (χ0) is 14.8. The van der Waals surface area contributed by atoms with Crippen LogP contribution in [0.15, 0.2) is 18.2 Å². The van der Waals surface area contributed by atoms with Crippen molar-refractivity contribution in [3.63, 3.8) is 0 Å². The molecular formula is C13H18F4N2. The van der Waals surface area contributed by atoms with Crippen LogP contribution in [0.2, 0.25) is 0 Å². The summed E-state index contributed by atoms with van der Waals surface area (Å²) in [5.41, 5.74) is 5.98. The molecule has 0 aliphatic carbocycles. The number of halogens is 4. The van der Waals surface area contributed by atoms with Gasteiger partial charge in [0.05, 0.1) is 0 Å². The van der Waals surface area contributed by atoms with Gasteiger partial charge >= 0.3 is 6.18 Å². The van der Waals surface area contributed by atoms with Crippen molar-refractivity contribution in [3.8, 4) is 0 Å². The van der Waals surface area contributed by atoms with Crippen LogP contribution < -0.4 is 10.6 Å². The highest BCUT2D eigenvalue weighted by Gasteiger charge is 2.33. The van der Waals surface area contributed by atoms with E-state index in [0.29, 0.717) is 0 Å². The first kappa shape index (κ1) is 15.8. The minimum Gasteiger partial charge on any atom is -0.360 e. The third kappa shape index (κ3) is 4.09. The smallest absolute Gasteiger partial charge is 0.360 e. The van der Waals surface area contributed by atoms with E-state index in [-0.39, 0.29) is 11.3 Å². The minimum atomic E-state index is -4.36. The third-order valence-electron chi connectivity index (χ3n) is 2.77. The fraction of sp³-hybridized carbons (Fsp3) is 0.538. The molecule has 0 amide bonds. The van der Waals surface area contributed by atoms with Crippen molar-refractivity contribution in [2.75, 3.05) is 11.4 Å². The van der Waals surface area contributed by atoms with E-state index in [1.54, 1.807) is 20.8 Å². The first-order chi connectivity index (χ1) is 8.63. The van der Waals surface area contributed by atoms with Gasteiger partial charge in [0.1, 0.15) is 12.4 Å². The molecule has 2 N–H and O–H groups in total. The summed E-state index contributed by atoms with van der Waals surface area (Å²) in [6.07, 6.45) is -4.36. The quantitative estimate of drug-likeness (QED) is 0.852. The Kier molecular flexibility index (Phi) is 4.79. The molecule has 1 atom stereocenters. The van der Waals surface area contributed by atoms with E-state index < -0.39 is 30.6 Å². The van der Waals surface area contributed by atoms with Gasteiger partial charge in [-0.3, -0.25) is 0 Å². The lowest BCUT2D eigenvalue weighted by Gasteiger charge is -2.32. The molecule has 0 aromatic heterocycles. The average molecular weight is 278 g/mol. The maximum atomic E-state index is 13.8. The van der Waals surface area contributed by atoms with Crippen molar-refractivity contribution < 1.29 is 17.6 Å². The molecule has 0 aliphatic rings. The fourth-order valence-electron chi connectivity index (χ4n) is 1.97. The molecule has 1 aromatic carbocycles. The fourth-order valence-corrected chi connectivity index (χ4v) is 1.97. The minimum absolute atomic E-state index is 0.112. The van der Waals surface area contributed by atoms with Gasteiger partial charge in [-0.05, 0) is 32.9 Å². The molecule has 0 bridgehead atoms. The number of rotatable bonds is 4. The largest absolute Gasteiger partial charge is 0.405 e. The number of anilines is 1. The number of alkyl halides is 3. The van der Waals surface area contributed by atoms with Crippen LogP contribution in [-0.2, 0) is 0 Å². The van der Waals surface area contributed by atoms with Gasteiger partial charge in [-0.15, -0.1) is 0 Å². The van der Waals surface area contributed by atoms with Crippen molar-refractivity contribution in [3.05, 3.63) is 29.6 Å². The van der Waals surface area contributed by atoms with Crippen LogP contribution >= 0.6 is 0 Å². The Labute approximate surface area is 110 Å². The number of hydrogen-bond donors (Lipinski definition) is 1. The zero-order valence-electron chi connectivity index (χ0n) is 11.1. The summed E-state index contributed by atoms with van der Waals surface area (Å²) in [4.78, 5) is 1.11. The summed E-state index contributed by atoms with van der Waals surface area (Å²) in [6.45, 7) is 3.67. The molecule has 108 valence electrons. The van der Waals surface area contributed by atoms with Crippen LogP contribution in [0.25, 0.3) is 0 Å². The molecule has 0 aliphatic heterocycles. The lowest BCUT2D eigenvalue weighted by molar-refractivity contribution is -0.120. The third-order valence-corrected chi connectivity index (χ3v) is 2.77. The number of nitrogens with zero attached hydrogens (tertiary/aromatic N) is 1. The van der Waals surface area contributed by atoms with Crippen molar-refractivity contribution >= 4 is 5.69 Å². The summed E-state index contributed by atoms with van der Waals surface area (Å²) >= 11 is 0. The molecule has 1 aromatic rings. The van der Waals surface area contributed by atoms with Crippen LogP contribution in [0.4, 0.5) is 23.2 Å². The molecule has 2 nitrogen and oxygen atoms in total. The van der Waals surface area contributed by atoms with Crippen LogP contribution in [0, 0.1) is 5.82 Å². The maximum Gasteiger partial charge on any atom is 0.405 e. The predicted octanol–water partition coefficient (Wildman–Crippen LogP) is 3.62. The molecular weight excluding hydrogens is 260 g/mol. The van der Waals surface area contributed by atoms with Crippen molar-refractivity contribution in [1.82, 2.24) is 0 Å². The van der Waals surface area contributed by atoms with Crippen LogP contribution in [0.5, 0.6) is 0 Å². The summed E-state index contributed by atoms with van der Waals surface area (Å²) < 4.78 is 51.6. The summed E-state index contributed by atoms with van der Waals surface area (Å²) in [6, 6.07) is 2.97. The Balaban J connectivity index is 3.27. The van der Waals surface area contributed by atoms with Gasteiger partial charge in [-0.2, -0.15) is 13.2 Å². The molecule has 0 saturated heterocycles. The highest BCUT2D eigenvalue weighted by Crippen LogP contribution is 2.31. The van der Waals surface area contributed by atoms with Crippen molar-refractivity contribution in [1.29, 1.82) is 0 Å². The van der Waals surface area contributed by atoms with Crippen molar-refractivity contribution in [2.24, 2.45) is 5.73 Å².